The van der Waals surface area contributed by atoms with Gasteiger partial charge >= 0.3 is 0 Å². The number of hydrogen-bond acceptors (Lipinski definition) is 5. The minimum absolute atomic E-state index is 0.0702. The molecule has 7 heteroatoms. The van der Waals surface area contributed by atoms with Crippen LogP contribution < -0.4 is 10.6 Å². The minimum atomic E-state index is -0.0702. The lowest BCUT2D eigenvalue weighted by Crippen LogP contribution is -2.53. The molecule has 19 heavy (non-hydrogen) atoms. The number of benzene rings is 1. The second-order valence-corrected chi connectivity index (χ2v) is 5.66. The maximum Gasteiger partial charge on any atom is 0.223 e. The summed E-state index contributed by atoms with van der Waals surface area (Å²) in [4.78, 5) is 11.5. The number of nitrogens with zero attached hydrogens (tertiary/aromatic N) is 3. The van der Waals surface area contributed by atoms with Gasteiger partial charge in [-0.15, -0.1) is 5.10 Å². The van der Waals surface area contributed by atoms with E-state index < -0.39 is 0 Å². The molecule has 1 aliphatic heterocycles. The van der Waals surface area contributed by atoms with Crippen LogP contribution in [0.1, 0.15) is 13.3 Å². The van der Waals surface area contributed by atoms with Gasteiger partial charge in [-0.25, -0.2) is 4.68 Å². The van der Waals surface area contributed by atoms with Gasteiger partial charge in [-0.05, 0) is 19.1 Å². The van der Waals surface area contributed by atoms with Crippen molar-refractivity contribution in [1.29, 1.82) is 0 Å². The van der Waals surface area contributed by atoms with Gasteiger partial charge in [0, 0.05) is 12.5 Å². The zero-order chi connectivity index (χ0) is 13.2. The molecular weight excluding hydrogens is 262 g/mol. The first-order chi connectivity index (χ1) is 9.22. The van der Waals surface area contributed by atoms with Crippen LogP contribution in [-0.2, 0) is 10.7 Å². The fourth-order valence-electron chi connectivity index (χ4n) is 2.09. The molecule has 1 aromatic carbocycles. The standard InChI is InChI=1S/C12H15N5OS/c1-8-6-11(18)14-12(13-8)19-7-17-10-5-3-2-4-9(10)15-16-17/h2-5,8,12-13H,6-7H2,1H3,(H,14,18). The molecule has 1 aromatic heterocycles. The monoisotopic (exact) mass is 277 g/mol. The Morgan fingerprint density at radius 3 is 3.16 bits per heavy atom. The Balaban J connectivity index is 1.67. The average Bonchev–Trinajstić information content (AvgIpc) is 2.78. The first kappa shape index (κ1) is 12.4. The van der Waals surface area contributed by atoms with Crippen LogP contribution in [0.15, 0.2) is 24.3 Å². The summed E-state index contributed by atoms with van der Waals surface area (Å²) in [7, 11) is 0. The minimum Gasteiger partial charge on any atom is -0.332 e. The van der Waals surface area contributed by atoms with Crippen LogP contribution in [0.3, 0.4) is 0 Å². The number of hydrogen-bond donors (Lipinski definition) is 2. The van der Waals surface area contributed by atoms with Crippen molar-refractivity contribution in [3.05, 3.63) is 24.3 Å². The molecule has 6 nitrogen and oxygen atoms in total. The van der Waals surface area contributed by atoms with Gasteiger partial charge in [0.15, 0.2) is 0 Å². The predicted octanol–water partition coefficient (Wildman–Crippen LogP) is 0.904. The highest BCUT2D eigenvalue weighted by molar-refractivity contribution is 7.98. The summed E-state index contributed by atoms with van der Waals surface area (Å²) in [5.74, 6) is 0.734. The Morgan fingerprint density at radius 2 is 2.32 bits per heavy atom. The van der Waals surface area contributed by atoms with Crippen LogP contribution in [0.4, 0.5) is 0 Å². The summed E-state index contributed by atoms with van der Waals surface area (Å²) in [5, 5.41) is 14.5. The van der Waals surface area contributed by atoms with E-state index in [1.165, 1.54) is 0 Å². The first-order valence-corrected chi connectivity index (χ1v) is 7.22. The first-order valence-electron chi connectivity index (χ1n) is 6.17. The third-order valence-corrected chi connectivity index (χ3v) is 3.98. The molecule has 1 amide bonds. The Bertz CT molecular complexity index is 599. The molecule has 1 aliphatic rings. The maximum atomic E-state index is 11.5. The van der Waals surface area contributed by atoms with Crippen LogP contribution >= 0.6 is 11.8 Å². The fourth-order valence-corrected chi connectivity index (χ4v) is 3.11. The average molecular weight is 277 g/mol. The molecule has 1 fully saturated rings. The third kappa shape index (κ3) is 2.71. The number of nitrogens with one attached hydrogen (secondary N) is 2. The SMILES string of the molecule is CC1CC(=O)NC(SCn2nnc3ccccc32)N1. The van der Waals surface area contributed by atoms with E-state index in [1.807, 2.05) is 35.9 Å². The molecule has 1 saturated heterocycles. The number of aromatic nitrogens is 3. The predicted molar refractivity (Wildman–Crippen MR) is 74.3 cm³/mol. The van der Waals surface area contributed by atoms with Crippen LogP contribution in [0.25, 0.3) is 11.0 Å². The van der Waals surface area contributed by atoms with Crippen molar-refractivity contribution in [3.8, 4) is 0 Å². The second kappa shape index (κ2) is 5.18. The highest BCUT2D eigenvalue weighted by Gasteiger charge is 2.23. The van der Waals surface area contributed by atoms with Gasteiger partial charge in [0.2, 0.25) is 5.91 Å². The number of fused-ring (bicyclic) bond motifs is 1. The fraction of sp³-hybridized carbons (Fsp3) is 0.417. The summed E-state index contributed by atoms with van der Waals surface area (Å²) >= 11 is 1.59. The summed E-state index contributed by atoms with van der Waals surface area (Å²) in [6, 6.07) is 8.05. The largest absolute Gasteiger partial charge is 0.332 e. The van der Waals surface area contributed by atoms with E-state index in [-0.39, 0.29) is 17.4 Å². The van der Waals surface area contributed by atoms with Crippen LogP contribution in [-0.4, -0.2) is 32.4 Å². The molecule has 0 spiro atoms. The number of para-hydroxylation sites is 1. The number of thioether (sulfide) groups is 1. The number of amides is 1. The number of carbonyl (C=O) groups excluding carboxylic acids is 1. The molecule has 0 bridgehead atoms. The van der Waals surface area contributed by atoms with Crippen molar-refractivity contribution in [2.24, 2.45) is 0 Å². The van der Waals surface area contributed by atoms with Crippen molar-refractivity contribution in [1.82, 2.24) is 25.6 Å². The molecule has 2 unspecified atom stereocenters. The molecule has 100 valence electrons. The lowest BCUT2D eigenvalue weighted by Gasteiger charge is -2.28. The zero-order valence-corrected chi connectivity index (χ0v) is 11.4. The van der Waals surface area contributed by atoms with Crippen molar-refractivity contribution in [3.63, 3.8) is 0 Å². The molecular formula is C12H15N5OS. The van der Waals surface area contributed by atoms with E-state index >= 15 is 0 Å². The van der Waals surface area contributed by atoms with E-state index in [4.69, 9.17) is 0 Å². The van der Waals surface area contributed by atoms with Crippen molar-refractivity contribution >= 4 is 28.7 Å². The summed E-state index contributed by atoms with van der Waals surface area (Å²) in [6.07, 6.45) is 0.531. The quantitative estimate of drug-likeness (QED) is 0.872. The lowest BCUT2D eigenvalue weighted by molar-refractivity contribution is -0.123. The lowest BCUT2D eigenvalue weighted by atomic mass is 10.2. The van der Waals surface area contributed by atoms with Gasteiger partial charge in [-0.1, -0.05) is 29.1 Å². The van der Waals surface area contributed by atoms with Gasteiger partial charge in [0.05, 0.1) is 11.4 Å². The van der Waals surface area contributed by atoms with Crippen molar-refractivity contribution in [2.75, 3.05) is 0 Å². The molecule has 3 rings (SSSR count). The van der Waals surface area contributed by atoms with Crippen LogP contribution in [0, 0.1) is 0 Å². The smallest absolute Gasteiger partial charge is 0.223 e. The van der Waals surface area contributed by atoms with Gasteiger partial charge < -0.3 is 5.32 Å². The van der Waals surface area contributed by atoms with E-state index in [0.717, 1.165) is 11.0 Å². The van der Waals surface area contributed by atoms with Gasteiger partial charge in [-0.2, -0.15) is 0 Å². The second-order valence-electron chi connectivity index (χ2n) is 4.59. The highest BCUT2D eigenvalue weighted by Crippen LogP contribution is 2.17. The van der Waals surface area contributed by atoms with E-state index in [9.17, 15) is 4.79 Å². The summed E-state index contributed by atoms with van der Waals surface area (Å²) in [5.41, 5.74) is 1.82. The summed E-state index contributed by atoms with van der Waals surface area (Å²) in [6.45, 7) is 2.01. The Labute approximate surface area is 114 Å². The molecule has 2 aromatic rings. The number of rotatable bonds is 3. The summed E-state index contributed by atoms with van der Waals surface area (Å²) < 4.78 is 1.84. The molecule has 0 radical (unpaired) electrons. The van der Waals surface area contributed by atoms with E-state index in [2.05, 4.69) is 20.9 Å². The topological polar surface area (TPSA) is 71.8 Å². The van der Waals surface area contributed by atoms with Gasteiger partial charge in [-0.3, -0.25) is 10.1 Å². The van der Waals surface area contributed by atoms with Crippen LogP contribution in [0.5, 0.6) is 0 Å². The van der Waals surface area contributed by atoms with Crippen LogP contribution in [0.2, 0.25) is 0 Å². The van der Waals surface area contributed by atoms with Crippen molar-refractivity contribution < 1.29 is 4.79 Å². The van der Waals surface area contributed by atoms with E-state index in [1.54, 1.807) is 11.8 Å². The molecule has 2 N–H and O–H groups in total. The Kier molecular flexibility index (Phi) is 3.39. The van der Waals surface area contributed by atoms with Gasteiger partial charge in [0.25, 0.3) is 0 Å². The Morgan fingerprint density at radius 1 is 1.47 bits per heavy atom. The Hall–Kier alpha value is -1.60. The molecule has 2 atom stereocenters. The van der Waals surface area contributed by atoms with Gasteiger partial charge in [0.1, 0.15) is 11.0 Å². The van der Waals surface area contributed by atoms with E-state index in [0.29, 0.717) is 12.3 Å². The molecule has 0 saturated carbocycles. The zero-order valence-electron chi connectivity index (χ0n) is 10.5. The maximum absolute atomic E-state index is 11.5. The number of carbonyl (C=O) groups is 1. The molecule has 2 heterocycles. The normalized spacial score (nSPS) is 23.5. The third-order valence-electron chi connectivity index (χ3n) is 3.00. The highest BCUT2D eigenvalue weighted by atomic mass is 32.2. The van der Waals surface area contributed by atoms with Crippen molar-refractivity contribution in [2.45, 2.75) is 30.8 Å². The molecule has 0 aliphatic carbocycles.